The van der Waals surface area contributed by atoms with Crippen LogP contribution in [0, 0.1) is 11.7 Å². The Balaban J connectivity index is 1.54. The molecule has 2 aliphatic rings. The van der Waals surface area contributed by atoms with E-state index in [4.69, 9.17) is 4.74 Å². The van der Waals surface area contributed by atoms with Gasteiger partial charge in [-0.15, -0.1) is 0 Å². The lowest BCUT2D eigenvalue weighted by atomic mass is 9.96. The normalized spacial score (nSPS) is 24.0. The van der Waals surface area contributed by atoms with E-state index in [1.165, 1.54) is 24.3 Å². The van der Waals surface area contributed by atoms with Crippen LogP contribution in [0.1, 0.15) is 36.0 Å². The molecular weight excluding hydrogens is 311 g/mol. The Labute approximate surface area is 141 Å². The summed E-state index contributed by atoms with van der Waals surface area (Å²) in [5.41, 5.74) is 0.455. The number of carbonyl (C=O) groups is 2. The standard InChI is InChI=1S/C18H23FN2O3/c19-15-7-5-13(6-8-15)18(23)21-9-1-3-14(12-21)17(22)20-11-16-4-2-10-24-16/h5-8,14,16H,1-4,9-12H2,(H,20,22). The van der Waals surface area contributed by atoms with E-state index < -0.39 is 0 Å². The van der Waals surface area contributed by atoms with Crippen LogP contribution in [0.2, 0.25) is 0 Å². The number of hydrogen-bond acceptors (Lipinski definition) is 3. The lowest BCUT2D eigenvalue weighted by Crippen LogP contribution is -2.46. The number of nitrogens with zero attached hydrogens (tertiary/aromatic N) is 1. The Bertz CT molecular complexity index is 584. The number of piperidine rings is 1. The molecule has 0 aromatic heterocycles. The number of likely N-dealkylation sites (tertiary alicyclic amines) is 1. The van der Waals surface area contributed by atoms with Crippen LogP contribution in [0.25, 0.3) is 0 Å². The summed E-state index contributed by atoms with van der Waals surface area (Å²) in [5.74, 6) is -0.713. The van der Waals surface area contributed by atoms with Crippen molar-refractivity contribution in [3.63, 3.8) is 0 Å². The van der Waals surface area contributed by atoms with Crippen LogP contribution >= 0.6 is 0 Å². The van der Waals surface area contributed by atoms with Gasteiger partial charge in [0.25, 0.3) is 5.91 Å². The van der Waals surface area contributed by atoms with Crippen molar-refractivity contribution in [1.29, 1.82) is 0 Å². The molecule has 1 aromatic carbocycles. The fourth-order valence-electron chi connectivity index (χ4n) is 3.31. The molecule has 1 aromatic rings. The Hall–Kier alpha value is -1.95. The van der Waals surface area contributed by atoms with Gasteiger partial charge >= 0.3 is 0 Å². The van der Waals surface area contributed by atoms with Gasteiger partial charge in [0.2, 0.25) is 5.91 Å². The van der Waals surface area contributed by atoms with E-state index in [0.717, 1.165) is 32.3 Å². The maximum atomic E-state index is 13.0. The van der Waals surface area contributed by atoms with Crippen LogP contribution in [0.3, 0.4) is 0 Å². The molecule has 0 saturated carbocycles. The van der Waals surface area contributed by atoms with Crippen molar-refractivity contribution in [2.75, 3.05) is 26.2 Å². The van der Waals surface area contributed by atoms with E-state index in [1.807, 2.05) is 0 Å². The molecule has 24 heavy (non-hydrogen) atoms. The second-order valence-corrected chi connectivity index (χ2v) is 6.48. The molecule has 2 atom stereocenters. The van der Waals surface area contributed by atoms with Crippen molar-refractivity contribution < 1.29 is 18.7 Å². The van der Waals surface area contributed by atoms with Gasteiger partial charge in [0.15, 0.2) is 0 Å². The quantitative estimate of drug-likeness (QED) is 0.916. The van der Waals surface area contributed by atoms with Gasteiger partial charge in [0, 0.05) is 31.8 Å². The van der Waals surface area contributed by atoms with Gasteiger partial charge in [-0.25, -0.2) is 4.39 Å². The largest absolute Gasteiger partial charge is 0.376 e. The minimum atomic E-state index is -0.364. The van der Waals surface area contributed by atoms with E-state index >= 15 is 0 Å². The Kier molecular flexibility index (Phi) is 5.45. The van der Waals surface area contributed by atoms with Gasteiger partial charge in [0.1, 0.15) is 5.82 Å². The molecule has 1 N–H and O–H groups in total. The van der Waals surface area contributed by atoms with Crippen molar-refractivity contribution >= 4 is 11.8 Å². The lowest BCUT2D eigenvalue weighted by Gasteiger charge is -2.32. The highest BCUT2D eigenvalue weighted by Crippen LogP contribution is 2.19. The van der Waals surface area contributed by atoms with Gasteiger partial charge in [-0.1, -0.05) is 0 Å². The predicted molar refractivity (Wildman–Crippen MR) is 87.0 cm³/mol. The highest BCUT2D eigenvalue weighted by atomic mass is 19.1. The minimum absolute atomic E-state index is 0.0119. The summed E-state index contributed by atoms with van der Waals surface area (Å²) >= 11 is 0. The number of carbonyl (C=O) groups excluding carboxylic acids is 2. The first-order valence-corrected chi connectivity index (χ1v) is 8.57. The summed E-state index contributed by atoms with van der Waals surface area (Å²) in [5, 5.41) is 2.95. The number of benzene rings is 1. The summed E-state index contributed by atoms with van der Waals surface area (Å²) < 4.78 is 18.5. The second kappa shape index (κ2) is 7.75. The van der Waals surface area contributed by atoms with Crippen LogP contribution in [-0.4, -0.2) is 49.1 Å². The zero-order chi connectivity index (χ0) is 16.9. The number of amides is 2. The smallest absolute Gasteiger partial charge is 0.253 e. The number of ether oxygens (including phenoxy) is 1. The minimum Gasteiger partial charge on any atom is -0.376 e. The highest BCUT2D eigenvalue weighted by molar-refractivity contribution is 5.94. The van der Waals surface area contributed by atoms with E-state index in [2.05, 4.69) is 5.32 Å². The van der Waals surface area contributed by atoms with E-state index in [0.29, 0.717) is 25.2 Å². The Morgan fingerprint density at radius 1 is 1.21 bits per heavy atom. The molecule has 3 rings (SSSR count). The topological polar surface area (TPSA) is 58.6 Å². The SMILES string of the molecule is O=C(NCC1CCCO1)C1CCCN(C(=O)c2ccc(F)cc2)C1. The predicted octanol–water partition coefficient (Wildman–Crippen LogP) is 1.97. The molecule has 6 heteroatoms. The van der Waals surface area contributed by atoms with Crippen LogP contribution in [0.15, 0.2) is 24.3 Å². The monoisotopic (exact) mass is 334 g/mol. The van der Waals surface area contributed by atoms with Crippen molar-refractivity contribution in [2.45, 2.75) is 31.8 Å². The molecule has 2 fully saturated rings. The molecule has 0 aliphatic carbocycles. The summed E-state index contributed by atoms with van der Waals surface area (Å²) in [4.78, 5) is 26.5. The van der Waals surface area contributed by atoms with Crippen molar-refractivity contribution in [3.05, 3.63) is 35.6 Å². The van der Waals surface area contributed by atoms with Gasteiger partial charge < -0.3 is 15.0 Å². The van der Waals surface area contributed by atoms with Crippen molar-refractivity contribution in [2.24, 2.45) is 5.92 Å². The fraction of sp³-hybridized carbons (Fsp3) is 0.556. The van der Waals surface area contributed by atoms with Crippen molar-refractivity contribution in [1.82, 2.24) is 10.2 Å². The molecule has 2 amide bonds. The first-order valence-electron chi connectivity index (χ1n) is 8.57. The molecule has 2 unspecified atom stereocenters. The first kappa shape index (κ1) is 16.9. The average Bonchev–Trinajstić information content (AvgIpc) is 3.13. The van der Waals surface area contributed by atoms with Gasteiger partial charge in [-0.2, -0.15) is 0 Å². The summed E-state index contributed by atoms with van der Waals surface area (Å²) in [6.07, 6.45) is 3.73. The highest BCUT2D eigenvalue weighted by Gasteiger charge is 2.29. The third-order valence-corrected chi connectivity index (χ3v) is 4.70. The number of hydrogen-bond donors (Lipinski definition) is 1. The summed E-state index contributed by atoms with van der Waals surface area (Å²) in [7, 11) is 0. The maximum absolute atomic E-state index is 13.0. The molecule has 0 radical (unpaired) electrons. The Morgan fingerprint density at radius 2 is 2.00 bits per heavy atom. The number of halogens is 1. The Morgan fingerprint density at radius 3 is 2.71 bits per heavy atom. The van der Waals surface area contributed by atoms with Gasteiger partial charge in [-0.05, 0) is 49.9 Å². The van der Waals surface area contributed by atoms with Crippen LogP contribution in [-0.2, 0) is 9.53 Å². The lowest BCUT2D eigenvalue weighted by molar-refractivity contribution is -0.126. The van der Waals surface area contributed by atoms with Crippen molar-refractivity contribution in [3.8, 4) is 0 Å². The second-order valence-electron chi connectivity index (χ2n) is 6.48. The van der Waals surface area contributed by atoms with Crippen LogP contribution < -0.4 is 5.32 Å². The van der Waals surface area contributed by atoms with E-state index in [1.54, 1.807) is 4.90 Å². The van der Waals surface area contributed by atoms with E-state index in [-0.39, 0.29) is 29.7 Å². The molecule has 5 nitrogen and oxygen atoms in total. The van der Waals surface area contributed by atoms with Gasteiger partial charge in [-0.3, -0.25) is 9.59 Å². The zero-order valence-electron chi connectivity index (χ0n) is 13.7. The maximum Gasteiger partial charge on any atom is 0.253 e. The zero-order valence-corrected chi connectivity index (χ0v) is 13.7. The number of nitrogens with one attached hydrogen (secondary N) is 1. The third-order valence-electron chi connectivity index (χ3n) is 4.70. The fourth-order valence-corrected chi connectivity index (χ4v) is 3.31. The van der Waals surface area contributed by atoms with Crippen LogP contribution in [0.5, 0.6) is 0 Å². The first-order chi connectivity index (χ1) is 11.6. The van der Waals surface area contributed by atoms with Gasteiger partial charge in [0.05, 0.1) is 12.0 Å². The molecule has 2 heterocycles. The average molecular weight is 334 g/mol. The molecule has 2 aliphatic heterocycles. The molecular formula is C18H23FN2O3. The third kappa shape index (κ3) is 4.12. The molecule has 0 bridgehead atoms. The van der Waals surface area contributed by atoms with Crippen LogP contribution in [0.4, 0.5) is 4.39 Å². The van der Waals surface area contributed by atoms with E-state index in [9.17, 15) is 14.0 Å². The molecule has 2 saturated heterocycles. The summed E-state index contributed by atoms with van der Waals surface area (Å²) in [6.45, 7) is 2.35. The summed E-state index contributed by atoms with van der Waals surface area (Å²) in [6, 6.07) is 5.53. The molecule has 0 spiro atoms. The number of rotatable bonds is 4. The molecule has 130 valence electrons.